The molecule has 2 aromatic carbocycles. The first-order valence-electron chi connectivity index (χ1n) is 8.60. The maximum absolute atomic E-state index is 12.3. The first kappa shape index (κ1) is 18.7. The Morgan fingerprint density at radius 2 is 1.68 bits per heavy atom. The second-order valence-electron chi connectivity index (χ2n) is 6.39. The van der Waals surface area contributed by atoms with Crippen molar-refractivity contribution in [1.29, 1.82) is 0 Å². The number of carbonyl (C=O) groups excluding carboxylic acids is 2. The highest BCUT2D eigenvalue weighted by atomic mass is 16.2. The number of hydrogen-bond donors (Lipinski definition) is 2. The predicted molar refractivity (Wildman–Crippen MR) is 100 cm³/mol. The molecule has 2 N–H and O–H groups in total. The van der Waals surface area contributed by atoms with Gasteiger partial charge < -0.3 is 10.6 Å². The van der Waals surface area contributed by atoms with Gasteiger partial charge >= 0.3 is 0 Å². The summed E-state index contributed by atoms with van der Waals surface area (Å²) in [5.41, 5.74) is 4.55. The maximum atomic E-state index is 12.3. The van der Waals surface area contributed by atoms with Crippen LogP contribution in [0.3, 0.4) is 0 Å². The SMILES string of the molecule is CC(=O)NC(CC(=O)NCCc1ccccc1C)c1ccc(C)cc1. The molecule has 132 valence electrons. The van der Waals surface area contributed by atoms with E-state index in [1.165, 1.54) is 18.1 Å². The molecule has 1 atom stereocenters. The van der Waals surface area contributed by atoms with Crippen molar-refractivity contribution in [2.45, 2.75) is 39.7 Å². The van der Waals surface area contributed by atoms with Gasteiger partial charge in [0.1, 0.15) is 0 Å². The van der Waals surface area contributed by atoms with Gasteiger partial charge in [-0.05, 0) is 37.0 Å². The Balaban J connectivity index is 1.91. The zero-order valence-electron chi connectivity index (χ0n) is 15.1. The lowest BCUT2D eigenvalue weighted by molar-refractivity contribution is -0.122. The van der Waals surface area contributed by atoms with Crippen molar-refractivity contribution in [3.05, 3.63) is 70.8 Å². The molecule has 2 amide bonds. The van der Waals surface area contributed by atoms with Crippen molar-refractivity contribution in [2.24, 2.45) is 0 Å². The summed E-state index contributed by atoms with van der Waals surface area (Å²) in [6, 6.07) is 15.7. The summed E-state index contributed by atoms with van der Waals surface area (Å²) in [5.74, 6) is -0.203. The predicted octanol–water partition coefficient (Wildman–Crippen LogP) is 3.23. The molecule has 25 heavy (non-hydrogen) atoms. The maximum Gasteiger partial charge on any atom is 0.222 e. The molecule has 2 aromatic rings. The van der Waals surface area contributed by atoms with Gasteiger partial charge in [0.2, 0.25) is 11.8 Å². The fourth-order valence-electron chi connectivity index (χ4n) is 2.78. The quantitative estimate of drug-likeness (QED) is 0.814. The Hall–Kier alpha value is -2.62. The number of benzene rings is 2. The summed E-state index contributed by atoms with van der Waals surface area (Å²) >= 11 is 0. The molecule has 4 nitrogen and oxygen atoms in total. The number of aryl methyl sites for hydroxylation is 2. The fraction of sp³-hybridized carbons (Fsp3) is 0.333. The molecule has 0 aliphatic heterocycles. The van der Waals surface area contributed by atoms with Crippen molar-refractivity contribution in [3.63, 3.8) is 0 Å². The van der Waals surface area contributed by atoms with E-state index in [2.05, 4.69) is 29.7 Å². The molecule has 2 rings (SSSR count). The number of nitrogens with one attached hydrogen (secondary N) is 2. The molecular formula is C21H26N2O2. The van der Waals surface area contributed by atoms with Crippen molar-refractivity contribution in [2.75, 3.05) is 6.54 Å². The third kappa shape index (κ3) is 6.07. The van der Waals surface area contributed by atoms with Crippen LogP contribution >= 0.6 is 0 Å². The molecule has 4 heteroatoms. The van der Waals surface area contributed by atoms with Crippen molar-refractivity contribution >= 4 is 11.8 Å². The third-order valence-corrected chi connectivity index (χ3v) is 4.22. The Bertz CT molecular complexity index is 723. The third-order valence-electron chi connectivity index (χ3n) is 4.22. The first-order valence-corrected chi connectivity index (χ1v) is 8.60. The van der Waals surface area contributed by atoms with Gasteiger partial charge in [0.25, 0.3) is 0 Å². The minimum Gasteiger partial charge on any atom is -0.356 e. The van der Waals surface area contributed by atoms with Crippen LogP contribution < -0.4 is 10.6 Å². The first-order chi connectivity index (χ1) is 12.0. The lowest BCUT2D eigenvalue weighted by Gasteiger charge is -2.18. The number of carbonyl (C=O) groups is 2. The smallest absolute Gasteiger partial charge is 0.222 e. The van der Waals surface area contributed by atoms with Crippen LogP contribution in [0.4, 0.5) is 0 Å². The molecule has 0 bridgehead atoms. The lowest BCUT2D eigenvalue weighted by atomic mass is 10.0. The number of amides is 2. The van der Waals surface area contributed by atoms with E-state index >= 15 is 0 Å². The molecule has 0 aliphatic rings. The normalized spacial score (nSPS) is 11.6. The number of hydrogen-bond acceptors (Lipinski definition) is 2. The summed E-state index contributed by atoms with van der Waals surface area (Å²) in [4.78, 5) is 23.8. The van der Waals surface area contributed by atoms with E-state index in [0.717, 1.165) is 17.5 Å². The van der Waals surface area contributed by atoms with Crippen LogP contribution in [-0.2, 0) is 16.0 Å². The highest BCUT2D eigenvalue weighted by Gasteiger charge is 2.16. The zero-order valence-corrected chi connectivity index (χ0v) is 15.1. The van der Waals surface area contributed by atoms with Gasteiger partial charge in [-0.15, -0.1) is 0 Å². The van der Waals surface area contributed by atoms with Gasteiger partial charge in [0.15, 0.2) is 0 Å². The second kappa shape index (κ2) is 9.02. The molecule has 0 aliphatic carbocycles. The molecule has 0 saturated heterocycles. The fourth-order valence-corrected chi connectivity index (χ4v) is 2.78. The van der Waals surface area contributed by atoms with E-state index in [1.54, 1.807) is 0 Å². The minimum atomic E-state index is -0.309. The summed E-state index contributed by atoms with van der Waals surface area (Å²) in [6.07, 6.45) is 1.03. The Morgan fingerprint density at radius 3 is 2.32 bits per heavy atom. The molecule has 0 radical (unpaired) electrons. The summed E-state index contributed by atoms with van der Waals surface area (Å²) in [5, 5.41) is 5.82. The van der Waals surface area contributed by atoms with Crippen molar-refractivity contribution in [3.8, 4) is 0 Å². The molecule has 0 spiro atoms. The molecule has 0 aromatic heterocycles. The molecule has 1 unspecified atom stereocenters. The van der Waals surface area contributed by atoms with Crippen LogP contribution in [0.25, 0.3) is 0 Å². The van der Waals surface area contributed by atoms with Crippen LogP contribution in [0, 0.1) is 13.8 Å². The highest BCUT2D eigenvalue weighted by molar-refractivity contribution is 5.79. The zero-order chi connectivity index (χ0) is 18.2. The number of rotatable bonds is 7. The van der Waals surface area contributed by atoms with E-state index in [4.69, 9.17) is 0 Å². The molecule has 0 heterocycles. The Kier molecular flexibility index (Phi) is 6.75. The van der Waals surface area contributed by atoms with E-state index in [-0.39, 0.29) is 24.3 Å². The topological polar surface area (TPSA) is 58.2 Å². The molecule has 0 fully saturated rings. The van der Waals surface area contributed by atoms with Gasteiger partial charge in [0, 0.05) is 13.5 Å². The van der Waals surface area contributed by atoms with Crippen LogP contribution in [0.1, 0.15) is 41.6 Å². The highest BCUT2D eigenvalue weighted by Crippen LogP contribution is 2.17. The van der Waals surface area contributed by atoms with E-state index in [9.17, 15) is 9.59 Å². The largest absolute Gasteiger partial charge is 0.356 e. The van der Waals surface area contributed by atoms with E-state index < -0.39 is 0 Å². The molecular weight excluding hydrogens is 312 g/mol. The van der Waals surface area contributed by atoms with Crippen molar-refractivity contribution in [1.82, 2.24) is 10.6 Å². The Morgan fingerprint density at radius 1 is 1.00 bits per heavy atom. The van der Waals surface area contributed by atoms with Gasteiger partial charge in [-0.1, -0.05) is 54.1 Å². The van der Waals surface area contributed by atoms with Gasteiger partial charge in [-0.25, -0.2) is 0 Å². The average molecular weight is 338 g/mol. The van der Waals surface area contributed by atoms with Gasteiger partial charge in [-0.3, -0.25) is 9.59 Å². The summed E-state index contributed by atoms with van der Waals surface area (Å²) in [6.45, 7) is 6.14. The van der Waals surface area contributed by atoms with Crippen molar-refractivity contribution < 1.29 is 9.59 Å². The standard InChI is InChI=1S/C21H26N2O2/c1-15-8-10-19(11-9-15)20(23-17(3)24)14-21(25)22-13-12-18-7-5-4-6-16(18)2/h4-11,20H,12-14H2,1-3H3,(H,22,25)(H,23,24). The lowest BCUT2D eigenvalue weighted by Crippen LogP contribution is -2.33. The van der Waals surface area contributed by atoms with Crippen LogP contribution in [0.15, 0.2) is 48.5 Å². The van der Waals surface area contributed by atoms with E-state index in [1.807, 2.05) is 43.3 Å². The van der Waals surface area contributed by atoms with Gasteiger partial charge in [-0.2, -0.15) is 0 Å². The van der Waals surface area contributed by atoms with E-state index in [0.29, 0.717) is 6.54 Å². The average Bonchev–Trinajstić information content (AvgIpc) is 2.56. The van der Waals surface area contributed by atoms with Crippen LogP contribution in [0.2, 0.25) is 0 Å². The molecule has 0 saturated carbocycles. The van der Waals surface area contributed by atoms with Crippen LogP contribution in [-0.4, -0.2) is 18.4 Å². The minimum absolute atomic E-state index is 0.0621. The van der Waals surface area contributed by atoms with Gasteiger partial charge in [0.05, 0.1) is 12.5 Å². The summed E-state index contributed by atoms with van der Waals surface area (Å²) < 4.78 is 0. The second-order valence-corrected chi connectivity index (χ2v) is 6.39. The summed E-state index contributed by atoms with van der Waals surface area (Å²) in [7, 11) is 0. The van der Waals surface area contributed by atoms with Crippen LogP contribution in [0.5, 0.6) is 0 Å². The Labute approximate surface area is 149 Å². The monoisotopic (exact) mass is 338 g/mol.